The number of nitrogens with zero attached hydrogens (tertiary/aromatic N) is 3. The summed E-state index contributed by atoms with van der Waals surface area (Å²) < 4.78 is 6.69. The number of fused-ring (bicyclic) bond motifs is 1. The number of carbonyl (C=O) groups is 1. The second kappa shape index (κ2) is 9.05. The van der Waals surface area contributed by atoms with Gasteiger partial charge in [0.25, 0.3) is 11.5 Å². The summed E-state index contributed by atoms with van der Waals surface area (Å²) in [6, 6.07) is 9.39. The van der Waals surface area contributed by atoms with E-state index in [1.54, 1.807) is 30.5 Å². The van der Waals surface area contributed by atoms with Crippen LogP contribution in [0, 0.1) is 11.3 Å². The Hall–Kier alpha value is -4.07. The number of carbonyl (C=O) groups excluding carboxylic acids is 1. The molecule has 0 radical (unpaired) electrons. The zero-order valence-electron chi connectivity index (χ0n) is 17.8. The molecule has 0 fully saturated rings. The molecule has 0 aliphatic heterocycles. The Balaban J connectivity index is 1.71. The maximum atomic E-state index is 12.5. The van der Waals surface area contributed by atoms with Crippen molar-refractivity contribution in [3.63, 3.8) is 0 Å². The number of hydrogen-bond acceptors (Lipinski definition) is 6. The van der Waals surface area contributed by atoms with Gasteiger partial charge in [-0.1, -0.05) is 23.2 Å². The topological polar surface area (TPSA) is 146 Å². The van der Waals surface area contributed by atoms with Crippen molar-refractivity contribution < 1.29 is 9.53 Å². The number of hydrogen-bond donors (Lipinski definition) is 3. The summed E-state index contributed by atoms with van der Waals surface area (Å²) in [5, 5.41) is 16.3. The van der Waals surface area contributed by atoms with Crippen LogP contribution in [0.2, 0.25) is 10.0 Å². The molecule has 0 saturated carbocycles. The van der Waals surface area contributed by atoms with Crippen molar-refractivity contribution in [1.82, 2.24) is 25.1 Å². The quantitative estimate of drug-likeness (QED) is 0.383. The highest BCUT2D eigenvalue weighted by Gasteiger charge is 2.17. The van der Waals surface area contributed by atoms with Crippen LogP contribution in [0.25, 0.3) is 16.6 Å². The summed E-state index contributed by atoms with van der Waals surface area (Å²) in [6.45, 7) is 3.74. The average Bonchev–Trinajstić information content (AvgIpc) is 3.19. The van der Waals surface area contributed by atoms with Gasteiger partial charge < -0.3 is 15.0 Å². The van der Waals surface area contributed by atoms with Gasteiger partial charge in [-0.2, -0.15) is 9.94 Å². The summed E-state index contributed by atoms with van der Waals surface area (Å²) in [6.07, 6.45) is 1.62. The van der Waals surface area contributed by atoms with E-state index in [9.17, 15) is 14.4 Å². The maximum absolute atomic E-state index is 12.5. The Labute approximate surface area is 201 Å². The minimum Gasteiger partial charge on any atom is -0.454 e. The Morgan fingerprint density at radius 3 is 2.56 bits per heavy atom. The van der Waals surface area contributed by atoms with E-state index >= 15 is 0 Å². The molecule has 4 aromatic rings. The maximum Gasteiger partial charge on any atom is 0.349 e. The van der Waals surface area contributed by atoms with E-state index in [2.05, 4.69) is 15.4 Å². The molecule has 34 heavy (non-hydrogen) atoms. The van der Waals surface area contributed by atoms with Crippen LogP contribution in [-0.2, 0) is 0 Å². The molecule has 0 spiro atoms. The van der Waals surface area contributed by atoms with Gasteiger partial charge in [0.1, 0.15) is 11.8 Å². The Morgan fingerprint density at radius 2 is 1.91 bits per heavy atom. The molecule has 10 nitrogen and oxygen atoms in total. The van der Waals surface area contributed by atoms with E-state index in [1.165, 1.54) is 12.1 Å². The van der Waals surface area contributed by atoms with Crippen molar-refractivity contribution in [2.75, 3.05) is 0 Å². The number of halogens is 2. The van der Waals surface area contributed by atoms with Gasteiger partial charge >= 0.3 is 5.69 Å². The van der Waals surface area contributed by atoms with Crippen LogP contribution in [0.5, 0.6) is 11.5 Å². The van der Waals surface area contributed by atoms with Gasteiger partial charge in [0.05, 0.1) is 21.3 Å². The molecule has 12 heteroatoms. The van der Waals surface area contributed by atoms with Crippen LogP contribution in [0.1, 0.15) is 29.9 Å². The smallest absolute Gasteiger partial charge is 0.349 e. The third-order valence-electron chi connectivity index (χ3n) is 4.70. The fourth-order valence-electron chi connectivity index (χ4n) is 3.22. The third-order valence-corrected chi connectivity index (χ3v) is 5.26. The fourth-order valence-corrected chi connectivity index (χ4v) is 3.78. The zero-order chi connectivity index (χ0) is 24.6. The number of aromatic amines is 2. The standard InChI is InChI=1S/C22H16Cl2N6O4/c1-10(2)27-20(31)14-9-26-17-4-3-12(7-13(14)17)34-19-15(23)5-11(6-16(19)24)30-22(33)28-21(32)18(8-25)29-30/h3-7,9-10,26H,1-2H3,(H,27,31)(H,28,32,33). The predicted octanol–water partition coefficient (Wildman–Crippen LogP) is 3.51. The van der Waals surface area contributed by atoms with Crippen molar-refractivity contribution in [2.45, 2.75) is 19.9 Å². The van der Waals surface area contributed by atoms with Gasteiger partial charge in [-0.15, -0.1) is 5.10 Å². The second-order valence-corrected chi connectivity index (χ2v) is 8.32. The lowest BCUT2D eigenvalue weighted by Crippen LogP contribution is -2.33. The van der Waals surface area contributed by atoms with Crippen LogP contribution in [0.4, 0.5) is 0 Å². The lowest BCUT2D eigenvalue weighted by atomic mass is 10.1. The van der Waals surface area contributed by atoms with Gasteiger partial charge in [-0.3, -0.25) is 14.6 Å². The van der Waals surface area contributed by atoms with Crippen molar-refractivity contribution >= 4 is 40.0 Å². The van der Waals surface area contributed by atoms with E-state index in [1.807, 2.05) is 18.8 Å². The normalized spacial score (nSPS) is 10.9. The number of nitrogens with one attached hydrogen (secondary N) is 3. The molecule has 0 unspecified atom stereocenters. The molecule has 2 aromatic carbocycles. The number of H-pyrrole nitrogens is 2. The molecule has 0 aliphatic carbocycles. The van der Waals surface area contributed by atoms with Crippen molar-refractivity contribution in [1.29, 1.82) is 5.26 Å². The highest BCUT2D eigenvalue weighted by Crippen LogP contribution is 2.38. The highest BCUT2D eigenvalue weighted by molar-refractivity contribution is 6.37. The first kappa shape index (κ1) is 23.1. The monoisotopic (exact) mass is 498 g/mol. The molecule has 2 heterocycles. The Bertz CT molecular complexity index is 1570. The summed E-state index contributed by atoms with van der Waals surface area (Å²) in [7, 11) is 0. The number of rotatable bonds is 5. The minimum absolute atomic E-state index is 0.0262. The van der Waals surface area contributed by atoms with Gasteiger partial charge in [-0.25, -0.2) is 4.79 Å². The molecular formula is C22H16Cl2N6O4. The number of nitriles is 1. The number of amides is 1. The predicted molar refractivity (Wildman–Crippen MR) is 126 cm³/mol. The SMILES string of the molecule is CC(C)NC(=O)c1c[nH]c2ccc(Oc3c(Cl)cc(-n4nc(C#N)c(=O)[nH]c4=O)cc3Cl)cc12. The van der Waals surface area contributed by atoms with Crippen LogP contribution in [0.15, 0.2) is 46.1 Å². The largest absolute Gasteiger partial charge is 0.454 e. The summed E-state index contributed by atoms with van der Waals surface area (Å²) in [4.78, 5) is 41.3. The number of aromatic nitrogens is 4. The molecule has 0 bridgehead atoms. The third kappa shape index (κ3) is 4.39. The Morgan fingerprint density at radius 1 is 1.21 bits per heavy atom. The molecule has 3 N–H and O–H groups in total. The van der Waals surface area contributed by atoms with E-state index in [-0.39, 0.29) is 33.4 Å². The second-order valence-electron chi connectivity index (χ2n) is 7.51. The van der Waals surface area contributed by atoms with Crippen LogP contribution in [-0.4, -0.2) is 31.7 Å². The molecular weight excluding hydrogens is 483 g/mol. The lowest BCUT2D eigenvalue weighted by molar-refractivity contribution is 0.0945. The first-order valence-electron chi connectivity index (χ1n) is 9.91. The van der Waals surface area contributed by atoms with Crippen molar-refractivity contribution in [3.05, 3.63) is 78.7 Å². The van der Waals surface area contributed by atoms with E-state index in [4.69, 9.17) is 33.2 Å². The number of ether oxygens (including phenoxy) is 1. The molecule has 4 rings (SSSR count). The molecule has 0 atom stereocenters. The molecule has 1 amide bonds. The first-order valence-corrected chi connectivity index (χ1v) is 10.7. The van der Waals surface area contributed by atoms with Crippen LogP contribution in [0.3, 0.4) is 0 Å². The van der Waals surface area contributed by atoms with Crippen LogP contribution >= 0.6 is 23.2 Å². The highest BCUT2D eigenvalue weighted by atomic mass is 35.5. The molecule has 2 aromatic heterocycles. The number of benzene rings is 2. The molecule has 0 saturated heterocycles. The van der Waals surface area contributed by atoms with Crippen LogP contribution < -0.4 is 21.3 Å². The van der Waals surface area contributed by atoms with Crippen molar-refractivity contribution in [3.8, 4) is 23.3 Å². The Kier molecular flexibility index (Phi) is 6.15. The summed E-state index contributed by atoms with van der Waals surface area (Å²) in [5.41, 5.74) is -0.945. The summed E-state index contributed by atoms with van der Waals surface area (Å²) in [5.74, 6) is 0.246. The molecule has 0 aliphatic rings. The van der Waals surface area contributed by atoms with Gasteiger partial charge in [0, 0.05) is 23.1 Å². The lowest BCUT2D eigenvalue weighted by Gasteiger charge is -2.12. The van der Waals surface area contributed by atoms with Gasteiger partial charge in [-0.05, 0) is 44.2 Å². The van der Waals surface area contributed by atoms with E-state index in [0.717, 1.165) is 10.2 Å². The first-order chi connectivity index (χ1) is 16.2. The van der Waals surface area contributed by atoms with E-state index in [0.29, 0.717) is 16.7 Å². The average molecular weight is 499 g/mol. The molecule has 172 valence electrons. The minimum atomic E-state index is -0.900. The fraction of sp³-hybridized carbons (Fsp3) is 0.136. The summed E-state index contributed by atoms with van der Waals surface area (Å²) >= 11 is 12.7. The van der Waals surface area contributed by atoms with Gasteiger partial charge in [0.15, 0.2) is 5.75 Å². The van der Waals surface area contributed by atoms with E-state index < -0.39 is 16.9 Å². The zero-order valence-corrected chi connectivity index (χ0v) is 19.3. The van der Waals surface area contributed by atoms with Crippen molar-refractivity contribution in [2.24, 2.45) is 0 Å². The van der Waals surface area contributed by atoms with Gasteiger partial charge in [0.2, 0.25) is 5.69 Å².